The molecule has 1 saturated heterocycles. The van der Waals surface area contributed by atoms with E-state index in [0.717, 1.165) is 13.0 Å². The quantitative estimate of drug-likeness (QED) is 0.789. The van der Waals surface area contributed by atoms with Crippen molar-refractivity contribution in [2.45, 2.75) is 12.5 Å². The van der Waals surface area contributed by atoms with Crippen LogP contribution in [0.5, 0.6) is 0 Å². The average molecular weight is 325 g/mol. The van der Waals surface area contributed by atoms with Crippen molar-refractivity contribution < 1.29 is 14.1 Å². The highest BCUT2D eigenvalue weighted by atomic mass is 16.5. The first-order valence-corrected chi connectivity index (χ1v) is 7.61. The van der Waals surface area contributed by atoms with Crippen LogP contribution in [0.1, 0.15) is 23.0 Å². The van der Waals surface area contributed by atoms with E-state index in [1.165, 1.54) is 0 Å². The number of carbonyl (C=O) groups excluding carboxylic acids is 1. The number of nitrogens with zero attached hydrogens (tertiary/aromatic N) is 4. The summed E-state index contributed by atoms with van der Waals surface area (Å²) in [5, 5.41) is 10.8. The zero-order valence-corrected chi connectivity index (χ0v) is 12.8. The van der Waals surface area contributed by atoms with Gasteiger partial charge in [0.2, 0.25) is 0 Å². The highest BCUT2D eigenvalue weighted by Gasteiger charge is 2.19. The molecule has 4 rings (SSSR count). The maximum Gasteiger partial charge on any atom is 0.277 e. The molecule has 0 radical (unpaired) electrons. The maximum absolute atomic E-state index is 12.3. The number of anilines is 1. The van der Waals surface area contributed by atoms with E-state index in [1.807, 2.05) is 10.7 Å². The zero-order chi connectivity index (χ0) is 16.4. The van der Waals surface area contributed by atoms with Crippen molar-refractivity contribution in [3.05, 3.63) is 48.5 Å². The van der Waals surface area contributed by atoms with Gasteiger partial charge in [-0.3, -0.25) is 14.5 Å². The molecule has 1 aliphatic heterocycles. The van der Waals surface area contributed by atoms with E-state index in [4.69, 9.17) is 9.26 Å². The number of rotatable bonds is 4. The second-order valence-corrected chi connectivity index (χ2v) is 5.47. The van der Waals surface area contributed by atoms with Gasteiger partial charge in [0, 0.05) is 25.1 Å². The Bertz CT molecular complexity index is 836. The van der Waals surface area contributed by atoms with Gasteiger partial charge in [-0.05, 0) is 18.6 Å². The topological polar surface area (TPSA) is 95.1 Å². The van der Waals surface area contributed by atoms with Crippen LogP contribution in [-0.4, -0.2) is 39.0 Å². The van der Waals surface area contributed by atoms with Crippen molar-refractivity contribution in [3.8, 4) is 11.5 Å². The molecule has 3 aromatic heterocycles. The Morgan fingerprint density at radius 2 is 2.33 bits per heavy atom. The Morgan fingerprint density at radius 1 is 1.38 bits per heavy atom. The molecule has 1 aliphatic rings. The van der Waals surface area contributed by atoms with Gasteiger partial charge in [0.1, 0.15) is 5.69 Å². The van der Waals surface area contributed by atoms with E-state index in [0.29, 0.717) is 23.7 Å². The van der Waals surface area contributed by atoms with E-state index >= 15 is 0 Å². The molecule has 8 nitrogen and oxygen atoms in total. The van der Waals surface area contributed by atoms with Crippen LogP contribution in [-0.2, 0) is 4.74 Å². The smallest absolute Gasteiger partial charge is 0.277 e. The first-order valence-electron chi connectivity index (χ1n) is 7.61. The van der Waals surface area contributed by atoms with Crippen molar-refractivity contribution in [1.29, 1.82) is 0 Å². The lowest BCUT2D eigenvalue weighted by molar-refractivity contribution is 0.101. The normalized spacial score (nSPS) is 17.1. The van der Waals surface area contributed by atoms with Gasteiger partial charge in [0.15, 0.2) is 11.5 Å². The second kappa shape index (κ2) is 6.25. The lowest BCUT2D eigenvalue weighted by atomic mass is 10.2. The molecule has 0 bridgehead atoms. The minimum atomic E-state index is -0.358. The highest BCUT2D eigenvalue weighted by molar-refractivity contribution is 6.03. The molecule has 1 amide bonds. The van der Waals surface area contributed by atoms with Crippen molar-refractivity contribution in [1.82, 2.24) is 19.9 Å². The summed E-state index contributed by atoms with van der Waals surface area (Å²) >= 11 is 0. The number of ether oxygens (including phenoxy) is 1. The largest absolute Gasteiger partial charge is 0.379 e. The van der Waals surface area contributed by atoms with Gasteiger partial charge >= 0.3 is 0 Å². The summed E-state index contributed by atoms with van der Waals surface area (Å²) in [6, 6.07) is 7.22. The van der Waals surface area contributed by atoms with Gasteiger partial charge in [-0.2, -0.15) is 5.10 Å². The first-order chi connectivity index (χ1) is 11.8. The molecular formula is C16H15N5O3. The SMILES string of the molecule is O=C(Nc1cnn(C2CCOC2)c1)c1cc(-c2ccccn2)on1. The predicted molar refractivity (Wildman–Crippen MR) is 84.4 cm³/mol. The molecule has 8 heteroatoms. The molecule has 1 fully saturated rings. The molecular weight excluding hydrogens is 310 g/mol. The molecule has 0 aliphatic carbocycles. The fraction of sp³-hybridized carbons (Fsp3) is 0.250. The molecule has 0 aromatic carbocycles. The van der Waals surface area contributed by atoms with Crippen molar-refractivity contribution in [2.75, 3.05) is 18.5 Å². The van der Waals surface area contributed by atoms with Crippen molar-refractivity contribution in [2.24, 2.45) is 0 Å². The Morgan fingerprint density at radius 3 is 3.12 bits per heavy atom. The number of hydrogen-bond acceptors (Lipinski definition) is 6. The summed E-state index contributed by atoms with van der Waals surface area (Å²) in [5.41, 5.74) is 1.42. The molecule has 1 N–H and O–H groups in total. The van der Waals surface area contributed by atoms with Gasteiger partial charge in [-0.15, -0.1) is 0 Å². The van der Waals surface area contributed by atoms with Crippen LogP contribution >= 0.6 is 0 Å². The Balaban J connectivity index is 1.46. The molecule has 3 aromatic rings. The predicted octanol–water partition coefficient (Wildman–Crippen LogP) is 2.15. The van der Waals surface area contributed by atoms with E-state index in [9.17, 15) is 4.79 Å². The number of nitrogens with one attached hydrogen (secondary N) is 1. The molecule has 0 spiro atoms. The fourth-order valence-corrected chi connectivity index (χ4v) is 2.54. The minimum absolute atomic E-state index is 0.188. The van der Waals surface area contributed by atoms with Crippen LogP contribution in [0.15, 0.2) is 47.4 Å². The summed E-state index contributed by atoms with van der Waals surface area (Å²) in [5.74, 6) is 0.0858. The highest BCUT2D eigenvalue weighted by Crippen LogP contribution is 2.21. The maximum atomic E-state index is 12.3. The fourth-order valence-electron chi connectivity index (χ4n) is 2.54. The van der Waals surface area contributed by atoms with Gasteiger partial charge in [-0.1, -0.05) is 11.2 Å². The molecule has 1 atom stereocenters. The van der Waals surface area contributed by atoms with Crippen molar-refractivity contribution >= 4 is 11.6 Å². The van der Waals surface area contributed by atoms with Crippen LogP contribution in [0.3, 0.4) is 0 Å². The van der Waals surface area contributed by atoms with E-state index < -0.39 is 0 Å². The van der Waals surface area contributed by atoms with Crippen LogP contribution in [0.25, 0.3) is 11.5 Å². The van der Waals surface area contributed by atoms with Crippen LogP contribution in [0.2, 0.25) is 0 Å². The number of aromatic nitrogens is 4. The lowest BCUT2D eigenvalue weighted by Crippen LogP contribution is -2.12. The average Bonchev–Trinajstić information content (AvgIpc) is 3.36. The Kier molecular flexibility index (Phi) is 3.80. The van der Waals surface area contributed by atoms with Crippen LogP contribution in [0.4, 0.5) is 5.69 Å². The lowest BCUT2D eigenvalue weighted by Gasteiger charge is -2.06. The number of carbonyl (C=O) groups is 1. The minimum Gasteiger partial charge on any atom is -0.379 e. The summed E-state index contributed by atoms with van der Waals surface area (Å²) < 4.78 is 12.3. The van der Waals surface area contributed by atoms with E-state index in [1.54, 1.807) is 36.8 Å². The van der Waals surface area contributed by atoms with Crippen LogP contribution < -0.4 is 5.32 Å². The zero-order valence-electron chi connectivity index (χ0n) is 12.8. The van der Waals surface area contributed by atoms with Crippen LogP contribution in [0, 0.1) is 0 Å². The van der Waals surface area contributed by atoms with Gasteiger partial charge in [0.05, 0.1) is 24.5 Å². The summed E-state index contributed by atoms with van der Waals surface area (Å²) in [4.78, 5) is 16.4. The van der Waals surface area contributed by atoms with Gasteiger partial charge in [0.25, 0.3) is 5.91 Å². The first kappa shape index (κ1) is 14.6. The van der Waals surface area contributed by atoms with E-state index in [2.05, 4.69) is 20.6 Å². The number of pyridine rings is 1. The standard InChI is InChI=1S/C16H15N5O3/c22-16(14-7-15(24-20-14)13-3-1-2-5-17-13)19-11-8-18-21(9-11)12-4-6-23-10-12/h1-3,5,7-9,12H,4,6,10H2,(H,19,22). The molecule has 4 heterocycles. The molecule has 1 unspecified atom stereocenters. The molecule has 24 heavy (non-hydrogen) atoms. The third-order valence-corrected chi connectivity index (χ3v) is 3.80. The number of hydrogen-bond donors (Lipinski definition) is 1. The summed E-state index contributed by atoms with van der Waals surface area (Å²) in [7, 11) is 0. The van der Waals surface area contributed by atoms with E-state index in [-0.39, 0.29) is 17.6 Å². The Labute approximate surface area is 137 Å². The second-order valence-electron chi connectivity index (χ2n) is 5.47. The summed E-state index contributed by atoms with van der Waals surface area (Å²) in [6.07, 6.45) is 5.97. The monoisotopic (exact) mass is 325 g/mol. The Hall–Kier alpha value is -3.00. The van der Waals surface area contributed by atoms with Gasteiger partial charge < -0.3 is 14.6 Å². The third kappa shape index (κ3) is 2.91. The summed E-state index contributed by atoms with van der Waals surface area (Å²) in [6.45, 7) is 1.38. The van der Waals surface area contributed by atoms with Crippen molar-refractivity contribution in [3.63, 3.8) is 0 Å². The third-order valence-electron chi connectivity index (χ3n) is 3.80. The number of amides is 1. The van der Waals surface area contributed by atoms with Gasteiger partial charge in [-0.25, -0.2) is 0 Å². The molecule has 0 saturated carbocycles. The molecule has 122 valence electrons.